The van der Waals surface area contributed by atoms with Crippen molar-refractivity contribution in [3.8, 4) is 6.07 Å². The summed E-state index contributed by atoms with van der Waals surface area (Å²) in [5.41, 5.74) is 0.563. The first-order chi connectivity index (χ1) is 12.1. The van der Waals surface area contributed by atoms with Crippen molar-refractivity contribution in [3.05, 3.63) is 23.9 Å². The molecule has 2 aliphatic heterocycles. The van der Waals surface area contributed by atoms with Gasteiger partial charge in [-0.2, -0.15) is 5.26 Å². The zero-order valence-corrected chi connectivity index (χ0v) is 14.6. The van der Waals surface area contributed by atoms with E-state index in [1.807, 2.05) is 17.9 Å². The van der Waals surface area contributed by atoms with Gasteiger partial charge in [0.2, 0.25) is 5.91 Å². The van der Waals surface area contributed by atoms with Crippen molar-refractivity contribution < 1.29 is 9.53 Å². The third-order valence-corrected chi connectivity index (χ3v) is 4.79. The zero-order valence-electron chi connectivity index (χ0n) is 14.6. The van der Waals surface area contributed by atoms with Crippen molar-refractivity contribution in [1.82, 2.24) is 14.8 Å². The minimum atomic E-state index is 0.133. The molecule has 2 saturated heterocycles. The highest BCUT2D eigenvalue weighted by Crippen LogP contribution is 2.17. The van der Waals surface area contributed by atoms with Crippen LogP contribution in [0.5, 0.6) is 0 Å². The molecule has 7 nitrogen and oxygen atoms in total. The van der Waals surface area contributed by atoms with Crippen LogP contribution in [0.25, 0.3) is 0 Å². The van der Waals surface area contributed by atoms with E-state index in [0.717, 1.165) is 31.9 Å². The van der Waals surface area contributed by atoms with Gasteiger partial charge in [0.1, 0.15) is 11.9 Å². The Morgan fingerprint density at radius 2 is 2.32 bits per heavy atom. The molecule has 7 heteroatoms. The lowest BCUT2D eigenvalue weighted by Crippen LogP contribution is -2.48. The predicted molar refractivity (Wildman–Crippen MR) is 94.0 cm³/mol. The maximum Gasteiger partial charge on any atom is 0.236 e. The Kier molecular flexibility index (Phi) is 5.84. The van der Waals surface area contributed by atoms with Crippen molar-refractivity contribution in [1.29, 1.82) is 5.26 Å². The molecule has 1 N–H and O–H groups in total. The summed E-state index contributed by atoms with van der Waals surface area (Å²) < 4.78 is 5.49. The Morgan fingerprint density at radius 1 is 1.44 bits per heavy atom. The van der Waals surface area contributed by atoms with Gasteiger partial charge in [0.05, 0.1) is 24.8 Å². The van der Waals surface area contributed by atoms with Gasteiger partial charge >= 0.3 is 0 Å². The average Bonchev–Trinajstić information content (AvgIpc) is 3.08. The molecular formula is C18H25N5O2. The molecule has 1 aromatic heterocycles. The van der Waals surface area contributed by atoms with Crippen molar-refractivity contribution >= 4 is 11.7 Å². The molecule has 0 radical (unpaired) electrons. The second-order valence-electron chi connectivity index (χ2n) is 6.84. The summed E-state index contributed by atoms with van der Waals surface area (Å²) in [5, 5.41) is 12.1. The third kappa shape index (κ3) is 4.91. The maximum absolute atomic E-state index is 12.4. The van der Waals surface area contributed by atoms with E-state index >= 15 is 0 Å². The lowest BCUT2D eigenvalue weighted by molar-refractivity contribution is -0.139. The number of ether oxygens (including phenoxy) is 1. The Bertz CT molecular complexity index is 627. The fourth-order valence-electron chi connectivity index (χ4n) is 3.37. The monoisotopic (exact) mass is 343 g/mol. The maximum atomic E-state index is 12.4. The third-order valence-electron chi connectivity index (χ3n) is 4.79. The number of hydrogen-bond donors (Lipinski definition) is 1. The quantitative estimate of drug-likeness (QED) is 0.857. The number of hydrogen-bond acceptors (Lipinski definition) is 6. The summed E-state index contributed by atoms with van der Waals surface area (Å²) >= 11 is 0. The van der Waals surface area contributed by atoms with Crippen molar-refractivity contribution in [2.45, 2.75) is 19.4 Å². The number of rotatable bonds is 5. The minimum Gasteiger partial charge on any atom is -0.375 e. The Hall–Kier alpha value is -2.17. The van der Waals surface area contributed by atoms with Crippen LogP contribution in [0.3, 0.4) is 0 Å². The molecular weight excluding hydrogens is 318 g/mol. The van der Waals surface area contributed by atoms with E-state index in [4.69, 9.17) is 10.00 Å². The van der Waals surface area contributed by atoms with Gasteiger partial charge < -0.3 is 15.0 Å². The van der Waals surface area contributed by atoms with Crippen LogP contribution in [-0.4, -0.2) is 72.7 Å². The number of nitrogens with zero attached hydrogens (tertiary/aromatic N) is 4. The van der Waals surface area contributed by atoms with Crippen LogP contribution >= 0.6 is 0 Å². The number of aromatic nitrogens is 1. The van der Waals surface area contributed by atoms with Crippen molar-refractivity contribution in [3.63, 3.8) is 0 Å². The van der Waals surface area contributed by atoms with Gasteiger partial charge in [0.25, 0.3) is 0 Å². The molecule has 0 aromatic carbocycles. The number of carbonyl (C=O) groups is 1. The molecule has 1 amide bonds. The molecule has 0 spiro atoms. The van der Waals surface area contributed by atoms with Gasteiger partial charge in [0.15, 0.2) is 0 Å². The first-order valence-corrected chi connectivity index (χ1v) is 8.86. The molecule has 2 fully saturated rings. The fourth-order valence-corrected chi connectivity index (χ4v) is 3.37. The summed E-state index contributed by atoms with van der Waals surface area (Å²) in [4.78, 5) is 20.8. The molecule has 2 aliphatic rings. The first-order valence-electron chi connectivity index (χ1n) is 8.86. The standard InChI is InChI=1S/C18H25N5O2/c1-14-11-23(6-7-25-14)18(24)13-22-5-4-16(12-22)10-21-17-3-2-15(8-19)9-20-17/h2-3,9,14,16H,4-7,10-13H2,1H3,(H,20,21)/t14-,16+/m0/s1. The summed E-state index contributed by atoms with van der Waals surface area (Å²) in [7, 11) is 0. The highest BCUT2D eigenvalue weighted by atomic mass is 16.5. The first kappa shape index (κ1) is 17.6. The van der Waals surface area contributed by atoms with Gasteiger partial charge in [-0.1, -0.05) is 0 Å². The number of nitriles is 1. The van der Waals surface area contributed by atoms with E-state index < -0.39 is 0 Å². The SMILES string of the molecule is C[C@H]1CN(C(=O)CN2CC[C@H](CNc3ccc(C#N)cn3)C2)CCO1. The van der Waals surface area contributed by atoms with Crippen molar-refractivity contribution in [2.24, 2.45) is 5.92 Å². The molecule has 3 rings (SSSR count). The fraction of sp³-hybridized carbons (Fsp3) is 0.611. The molecule has 2 atom stereocenters. The highest BCUT2D eigenvalue weighted by Gasteiger charge is 2.27. The summed E-state index contributed by atoms with van der Waals surface area (Å²) in [6, 6.07) is 5.65. The van der Waals surface area contributed by atoms with E-state index in [2.05, 4.69) is 21.3 Å². The van der Waals surface area contributed by atoms with Crippen LogP contribution in [0.4, 0.5) is 5.82 Å². The topological polar surface area (TPSA) is 81.5 Å². The number of likely N-dealkylation sites (tertiary alicyclic amines) is 1. The molecule has 0 unspecified atom stereocenters. The molecule has 0 saturated carbocycles. The smallest absolute Gasteiger partial charge is 0.236 e. The number of anilines is 1. The van der Waals surface area contributed by atoms with Crippen LogP contribution in [0, 0.1) is 17.2 Å². The van der Waals surface area contributed by atoms with Crippen LogP contribution in [0.2, 0.25) is 0 Å². The van der Waals surface area contributed by atoms with Gasteiger partial charge in [-0.3, -0.25) is 9.69 Å². The Balaban J connectivity index is 1.40. The summed E-state index contributed by atoms with van der Waals surface area (Å²) in [6.07, 6.45) is 2.79. The van der Waals surface area contributed by atoms with Gasteiger partial charge in [0, 0.05) is 32.4 Å². The molecule has 25 heavy (non-hydrogen) atoms. The Morgan fingerprint density at radius 3 is 3.04 bits per heavy atom. The number of morpholine rings is 1. The molecule has 3 heterocycles. The number of amides is 1. The van der Waals surface area contributed by atoms with E-state index in [0.29, 0.717) is 37.7 Å². The second kappa shape index (κ2) is 8.28. The summed E-state index contributed by atoms with van der Waals surface area (Å²) in [5.74, 6) is 1.50. The minimum absolute atomic E-state index is 0.133. The average molecular weight is 343 g/mol. The zero-order chi connectivity index (χ0) is 17.6. The molecule has 0 bridgehead atoms. The molecule has 1 aromatic rings. The van der Waals surface area contributed by atoms with Crippen LogP contribution in [-0.2, 0) is 9.53 Å². The number of pyridine rings is 1. The lowest BCUT2D eigenvalue weighted by Gasteiger charge is -2.32. The number of nitrogens with one attached hydrogen (secondary N) is 1. The van der Waals surface area contributed by atoms with Gasteiger partial charge in [-0.25, -0.2) is 4.98 Å². The highest BCUT2D eigenvalue weighted by molar-refractivity contribution is 5.78. The Labute approximate surface area is 148 Å². The van der Waals surface area contributed by atoms with E-state index in [1.54, 1.807) is 12.3 Å². The largest absolute Gasteiger partial charge is 0.375 e. The lowest BCUT2D eigenvalue weighted by atomic mass is 10.1. The van der Waals surface area contributed by atoms with Gasteiger partial charge in [-0.15, -0.1) is 0 Å². The van der Waals surface area contributed by atoms with Crippen molar-refractivity contribution in [2.75, 3.05) is 51.2 Å². The normalized spacial score (nSPS) is 24.1. The van der Waals surface area contributed by atoms with Crippen LogP contribution in [0.15, 0.2) is 18.3 Å². The van der Waals surface area contributed by atoms with E-state index in [9.17, 15) is 4.79 Å². The molecule has 0 aliphatic carbocycles. The number of carbonyl (C=O) groups excluding carboxylic acids is 1. The van der Waals surface area contributed by atoms with Crippen LogP contribution in [0.1, 0.15) is 18.9 Å². The predicted octanol–water partition coefficient (Wildman–Crippen LogP) is 0.934. The summed E-state index contributed by atoms with van der Waals surface area (Å²) in [6.45, 7) is 7.25. The molecule has 134 valence electrons. The second-order valence-corrected chi connectivity index (χ2v) is 6.84. The van der Waals surface area contributed by atoms with E-state index in [1.165, 1.54) is 0 Å². The van der Waals surface area contributed by atoms with Crippen LogP contribution < -0.4 is 5.32 Å². The van der Waals surface area contributed by atoms with E-state index in [-0.39, 0.29) is 12.0 Å². The van der Waals surface area contributed by atoms with Gasteiger partial charge in [-0.05, 0) is 37.9 Å².